The number of hydrogen-bond acceptors (Lipinski definition) is 3. The van der Waals surface area contributed by atoms with Crippen LogP contribution in [0.2, 0.25) is 0 Å². The highest BCUT2D eigenvalue weighted by Crippen LogP contribution is 2.42. The van der Waals surface area contributed by atoms with Crippen LogP contribution in [0.3, 0.4) is 0 Å². The Kier molecular flexibility index (Phi) is 3.61. The fourth-order valence-electron chi connectivity index (χ4n) is 3.06. The van der Waals surface area contributed by atoms with Crippen molar-refractivity contribution in [1.29, 1.82) is 0 Å². The van der Waals surface area contributed by atoms with Gasteiger partial charge in [0.1, 0.15) is 0 Å². The highest BCUT2D eigenvalue weighted by Gasteiger charge is 2.40. The summed E-state index contributed by atoms with van der Waals surface area (Å²) in [6.45, 7) is 0.607. The van der Waals surface area contributed by atoms with E-state index in [0.29, 0.717) is 13.0 Å². The second kappa shape index (κ2) is 5.40. The van der Waals surface area contributed by atoms with Crippen molar-refractivity contribution in [3.05, 3.63) is 34.2 Å². The number of carbonyl (C=O) groups is 2. The molecule has 1 unspecified atom stereocenters. The first-order valence-corrected chi connectivity index (χ1v) is 7.90. The molecule has 5 heteroatoms. The van der Waals surface area contributed by atoms with Crippen LogP contribution in [-0.4, -0.2) is 18.4 Å². The molecular weight excluding hydrogens is 272 g/mol. The predicted octanol–water partition coefficient (Wildman–Crippen LogP) is 2.44. The van der Waals surface area contributed by atoms with E-state index in [-0.39, 0.29) is 17.2 Å². The molecule has 1 aromatic heterocycles. The third kappa shape index (κ3) is 2.50. The van der Waals surface area contributed by atoms with Gasteiger partial charge in [-0.05, 0) is 37.1 Å². The molecule has 1 aromatic rings. The van der Waals surface area contributed by atoms with E-state index in [1.807, 2.05) is 17.5 Å². The summed E-state index contributed by atoms with van der Waals surface area (Å²) in [5, 5.41) is 7.93. The molecule has 2 heterocycles. The number of piperidine rings is 1. The third-order valence-electron chi connectivity index (χ3n) is 4.22. The zero-order chi connectivity index (χ0) is 14.0. The Bertz CT molecular complexity index is 550. The van der Waals surface area contributed by atoms with Gasteiger partial charge in [0, 0.05) is 24.1 Å². The van der Waals surface area contributed by atoms with E-state index in [0.717, 1.165) is 36.3 Å². The zero-order valence-corrected chi connectivity index (χ0v) is 12.1. The van der Waals surface area contributed by atoms with Crippen molar-refractivity contribution in [2.45, 2.75) is 32.1 Å². The molecule has 2 aliphatic rings. The van der Waals surface area contributed by atoms with Crippen molar-refractivity contribution in [2.24, 2.45) is 5.41 Å². The molecule has 0 saturated carbocycles. The lowest BCUT2D eigenvalue weighted by Gasteiger charge is -2.42. The lowest BCUT2D eigenvalue weighted by molar-refractivity contribution is -0.122. The maximum absolute atomic E-state index is 12.1. The molecule has 1 fully saturated rings. The number of carbonyl (C=O) groups excluding carboxylic acids is 2. The predicted molar refractivity (Wildman–Crippen MR) is 78.4 cm³/mol. The number of fused-ring (bicyclic) bond motifs is 1. The molecule has 1 atom stereocenters. The van der Waals surface area contributed by atoms with Crippen LogP contribution >= 0.6 is 11.3 Å². The standard InChI is InChI=1S/C15H18N2O2S/c18-13-6-8-15(7-2-1-5-12(15)17-13)10-16-14(19)11-4-3-9-20-11/h3-5,9H,1-2,6-8,10H2,(H,16,19)(H,17,18). The minimum Gasteiger partial charge on any atom is -0.350 e. The van der Waals surface area contributed by atoms with Crippen molar-refractivity contribution in [2.75, 3.05) is 6.54 Å². The number of amides is 2. The van der Waals surface area contributed by atoms with E-state index in [9.17, 15) is 9.59 Å². The van der Waals surface area contributed by atoms with Gasteiger partial charge in [-0.3, -0.25) is 9.59 Å². The van der Waals surface area contributed by atoms with Crippen LogP contribution in [0.15, 0.2) is 29.3 Å². The van der Waals surface area contributed by atoms with E-state index < -0.39 is 0 Å². The summed E-state index contributed by atoms with van der Waals surface area (Å²) in [4.78, 5) is 24.4. The summed E-state index contributed by atoms with van der Waals surface area (Å²) in [6.07, 6.45) is 6.66. The Balaban J connectivity index is 1.71. The van der Waals surface area contributed by atoms with Crippen molar-refractivity contribution in [3.8, 4) is 0 Å². The monoisotopic (exact) mass is 290 g/mol. The van der Waals surface area contributed by atoms with Crippen LogP contribution in [0, 0.1) is 5.41 Å². The van der Waals surface area contributed by atoms with Crippen LogP contribution in [-0.2, 0) is 4.79 Å². The maximum Gasteiger partial charge on any atom is 0.261 e. The van der Waals surface area contributed by atoms with Crippen molar-refractivity contribution >= 4 is 23.2 Å². The summed E-state index contributed by atoms with van der Waals surface area (Å²) in [5.74, 6) is 0.0783. The van der Waals surface area contributed by atoms with E-state index in [4.69, 9.17) is 0 Å². The van der Waals surface area contributed by atoms with E-state index in [1.54, 1.807) is 0 Å². The van der Waals surface area contributed by atoms with Gasteiger partial charge in [-0.1, -0.05) is 12.1 Å². The van der Waals surface area contributed by atoms with Gasteiger partial charge in [-0.2, -0.15) is 0 Å². The first-order chi connectivity index (χ1) is 9.70. The molecule has 0 bridgehead atoms. The van der Waals surface area contributed by atoms with Gasteiger partial charge < -0.3 is 10.6 Å². The molecular formula is C15H18N2O2S. The van der Waals surface area contributed by atoms with Crippen LogP contribution in [0.5, 0.6) is 0 Å². The average molecular weight is 290 g/mol. The van der Waals surface area contributed by atoms with Crippen molar-refractivity contribution in [3.63, 3.8) is 0 Å². The van der Waals surface area contributed by atoms with Gasteiger partial charge >= 0.3 is 0 Å². The van der Waals surface area contributed by atoms with Crippen LogP contribution in [0.25, 0.3) is 0 Å². The molecule has 20 heavy (non-hydrogen) atoms. The number of allylic oxidation sites excluding steroid dienone is 1. The molecule has 106 valence electrons. The molecule has 2 N–H and O–H groups in total. The van der Waals surface area contributed by atoms with Gasteiger partial charge in [-0.15, -0.1) is 11.3 Å². The number of rotatable bonds is 3. The second-order valence-electron chi connectivity index (χ2n) is 5.50. The lowest BCUT2D eigenvalue weighted by atomic mass is 9.70. The van der Waals surface area contributed by atoms with Gasteiger partial charge in [0.2, 0.25) is 5.91 Å². The largest absolute Gasteiger partial charge is 0.350 e. The van der Waals surface area contributed by atoms with E-state index >= 15 is 0 Å². The average Bonchev–Trinajstić information content (AvgIpc) is 2.99. The number of hydrogen-bond donors (Lipinski definition) is 2. The Labute approximate surface area is 122 Å². The summed E-state index contributed by atoms with van der Waals surface area (Å²) in [6, 6.07) is 3.71. The Hall–Kier alpha value is -1.62. The van der Waals surface area contributed by atoms with Crippen LogP contribution in [0.4, 0.5) is 0 Å². The summed E-state index contributed by atoms with van der Waals surface area (Å²) in [5.41, 5.74) is 0.950. The molecule has 0 radical (unpaired) electrons. The van der Waals surface area contributed by atoms with Crippen molar-refractivity contribution in [1.82, 2.24) is 10.6 Å². The topological polar surface area (TPSA) is 58.2 Å². The van der Waals surface area contributed by atoms with Gasteiger partial charge in [-0.25, -0.2) is 0 Å². The van der Waals surface area contributed by atoms with Gasteiger partial charge in [0.15, 0.2) is 0 Å². The quantitative estimate of drug-likeness (QED) is 0.898. The minimum atomic E-state index is -0.0704. The van der Waals surface area contributed by atoms with Crippen LogP contribution < -0.4 is 10.6 Å². The first-order valence-electron chi connectivity index (χ1n) is 7.02. The molecule has 1 saturated heterocycles. The fraction of sp³-hybridized carbons (Fsp3) is 0.467. The zero-order valence-electron chi connectivity index (χ0n) is 11.3. The Morgan fingerprint density at radius 2 is 2.35 bits per heavy atom. The van der Waals surface area contributed by atoms with Crippen molar-refractivity contribution < 1.29 is 9.59 Å². The Morgan fingerprint density at radius 1 is 1.45 bits per heavy atom. The first kappa shape index (κ1) is 13.4. The highest BCUT2D eigenvalue weighted by atomic mass is 32.1. The van der Waals surface area contributed by atoms with Gasteiger partial charge in [0.25, 0.3) is 5.91 Å². The summed E-state index contributed by atoms with van der Waals surface area (Å²) >= 11 is 1.45. The molecule has 3 rings (SSSR count). The van der Waals surface area contributed by atoms with Gasteiger partial charge in [0.05, 0.1) is 4.88 Å². The molecule has 0 spiro atoms. The second-order valence-corrected chi connectivity index (χ2v) is 6.45. The SMILES string of the molecule is O=C1CCC2(CNC(=O)c3cccs3)CCCC=C2N1. The Morgan fingerprint density at radius 3 is 3.15 bits per heavy atom. The lowest BCUT2D eigenvalue weighted by Crippen LogP contribution is -2.48. The molecule has 2 amide bonds. The maximum atomic E-state index is 12.1. The highest BCUT2D eigenvalue weighted by molar-refractivity contribution is 7.12. The normalized spacial score (nSPS) is 25.4. The molecule has 0 aromatic carbocycles. The molecule has 1 aliphatic carbocycles. The molecule has 1 aliphatic heterocycles. The molecule has 4 nitrogen and oxygen atoms in total. The smallest absolute Gasteiger partial charge is 0.261 e. The minimum absolute atomic E-state index is 0.0174. The fourth-order valence-corrected chi connectivity index (χ4v) is 3.70. The number of nitrogens with one attached hydrogen (secondary N) is 2. The summed E-state index contributed by atoms with van der Waals surface area (Å²) < 4.78 is 0. The number of thiophene rings is 1. The summed E-state index contributed by atoms with van der Waals surface area (Å²) in [7, 11) is 0. The van der Waals surface area contributed by atoms with Crippen LogP contribution in [0.1, 0.15) is 41.8 Å². The van der Waals surface area contributed by atoms with E-state index in [2.05, 4.69) is 16.7 Å². The third-order valence-corrected chi connectivity index (χ3v) is 5.08. The van der Waals surface area contributed by atoms with E-state index in [1.165, 1.54) is 11.3 Å².